The summed E-state index contributed by atoms with van der Waals surface area (Å²) in [6.45, 7) is 9.04. The molecule has 0 saturated heterocycles. The van der Waals surface area contributed by atoms with Gasteiger partial charge in [-0.2, -0.15) is 5.10 Å². The minimum atomic E-state index is -0.310. The Morgan fingerprint density at radius 2 is 2.11 bits per heavy atom. The molecule has 5 nitrogen and oxygen atoms in total. The average molecular weight is 386 g/mol. The van der Waals surface area contributed by atoms with Gasteiger partial charge in [0.1, 0.15) is 5.82 Å². The molecule has 0 atom stereocenters. The predicted molar refractivity (Wildman–Crippen MR) is 106 cm³/mol. The fraction of sp³-hybridized carbons (Fsp3) is 0.350. The fourth-order valence-corrected chi connectivity index (χ4v) is 3.68. The summed E-state index contributed by atoms with van der Waals surface area (Å²) in [5.74, 6) is 0.0436. The first-order chi connectivity index (χ1) is 12.8. The molecule has 0 spiro atoms. The number of halogens is 1. The van der Waals surface area contributed by atoms with Crippen molar-refractivity contribution in [3.8, 4) is 11.3 Å². The standard InChI is InChI=1S/C20H23FN4OS/c1-12(2)10-25-14(4)17(13(3)24-25)9-19(26)23-20-22-18(11-27-20)15-6-5-7-16(21)8-15/h5-8,11-12H,9-10H2,1-4H3,(H,22,23,26). The van der Waals surface area contributed by atoms with Crippen molar-refractivity contribution in [1.82, 2.24) is 14.8 Å². The van der Waals surface area contributed by atoms with Crippen molar-refractivity contribution < 1.29 is 9.18 Å². The van der Waals surface area contributed by atoms with Crippen molar-refractivity contribution >= 4 is 22.4 Å². The van der Waals surface area contributed by atoms with Gasteiger partial charge in [0.15, 0.2) is 5.13 Å². The van der Waals surface area contributed by atoms with Crippen LogP contribution < -0.4 is 5.32 Å². The van der Waals surface area contributed by atoms with Crippen molar-refractivity contribution in [3.05, 3.63) is 52.4 Å². The molecule has 3 rings (SSSR count). The number of carbonyl (C=O) groups excluding carboxylic acids is 1. The Hall–Kier alpha value is -2.54. The molecule has 0 unspecified atom stereocenters. The largest absolute Gasteiger partial charge is 0.302 e. The number of nitrogens with zero attached hydrogens (tertiary/aromatic N) is 3. The molecule has 3 aromatic rings. The number of nitrogens with one attached hydrogen (secondary N) is 1. The summed E-state index contributed by atoms with van der Waals surface area (Å²) in [6.07, 6.45) is 0.255. The smallest absolute Gasteiger partial charge is 0.230 e. The highest BCUT2D eigenvalue weighted by atomic mass is 32.1. The molecule has 0 aliphatic heterocycles. The van der Waals surface area contributed by atoms with Crippen molar-refractivity contribution in [3.63, 3.8) is 0 Å². The highest BCUT2D eigenvalue weighted by molar-refractivity contribution is 7.14. The van der Waals surface area contributed by atoms with Crippen LogP contribution >= 0.6 is 11.3 Å². The summed E-state index contributed by atoms with van der Waals surface area (Å²) in [4.78, 5) is 16.9. The Morgan fingerprint density at radius 1 is 1.33 bits per heavy atom. The van der Waals surface area contributed by atoms with Crippen LogP contribution in [0.25, 0.3) is 11.3 Å². The molecule has 1 aromatic carbocycles. The second kappa shape index (κ2) is 8.00. The summed E-state index contributed by atoms with van der Waals surface area (Å²) < 4.78 is 15.3. The van der Waals surface area contributed by atoms with Gasteiger partial charge >= 0.3 is 0 Å². The zero-order valence-corrected chi connectivity index (χ0v) is 16.7. The molecule has 7 heteroatoms. The second-order valence-corrected chi connectivity index (χ2v) is 7.86. The van der Waals surface area contributed by atoms with Crippen LogP contribution in [0.15, 0.2) is 29.6 Å². The first kappa shape index (κ1) is 19.2. The van der Waals surface area contributed by atoms with Gasteiger partial charge in [0.25, 0.3) is 0 Å². The number of aromatic nitrogens is 3. The van der Waals surface area contributed by atoms with Gasteiger partial charge in [0.05, 0.1) is 17.8 Å². The number of hydrogen-bond acceptors (Lipinski definition) is 4. The van der Waals surface area contributed by atoms with Crippen LogP contribution in [0.3, 0.4) is 0 Å². The highest BCUT2D eigenvalue weighted by Crippen LogP contribution is 2.25. The third-order valence-corrected chi connectivity index (χ3v) is 5.04. The molecule has 0 radical (unpaired) electrons. The van der Waals surface area contributed by atoms with E-state index in [1.54, 1.807) is 12.1 Å². The maximum absolute atomic E-state index is 13.4. The minimum absolute atomic E-state index is 0.134. The molecule has 2 heterocycles. The highest BCUT2D eigenvalue weighted by Gasteiger charge is 2.16. The van der Waals surface area contributed by atoms with E-state index in [1.807, 2.05) is 23.9 Å². The Balaban J connectivity index is 1.69. The summed E-state index contributed by atoms with van der Waals surface area (Å²) in [7, 11) is 0. The Labute approximate surface area is 162 Å². The predicted octanol–water partition coefficient (Wildman–Crippen LogP) is 4.60. The zero-order chi connectivity index (χ0) is 19.6. The number of carbonyl (C=O) groups is 1. The SMILES string of the molecule is Cc1nn(CC(C)C)c(C)c1CC(=O)Nc1nc(-c2cccc(F)c2)cs1. The lowest BCUT2D eigenvalue weighted by molar-refractivity contribution is -0.115. The number of hydrogen-bond donors (Lipinski definition) is 1. The fourth-order valence-electron chi connectivity index (χ4n) is 2.95. The molecular formula is C20H23FN4OS. The zero-order valence-electron chi connectivity index (χ0n) is 15.9. The Kier molecular flexibility index (Phi) is 5.70. The van der Waals surface area contributed by atoms with Crippen molar-refractivity contribution in [1.29, 1.82) is 0 Å². The lowest BCUT2D eigenvalue weighted by atomic mass is 10.1. The number of thiazole rings is 1. The van der Waals surface area contributed by atoms with Crippen molar-refractivity contribution in [2.45, 2.75) is 40.7 Å². The summed E-state index contributed by atoms with van der Waals surface area (Å²) >= 11 is 1.32. The van der Waals surface area contributed by atoms with E-state index in [4.69, 9.17) is 0 Å². The first-order valence-electron chi connectivity index (χ1n) is 8.87. The van der Waals surface area contributed by atoms with E-state index in [0.717, 1.165) is 23.5 Å². The minimum Gasteiger partial charge on any atom is -0.302 e. The van der Waals surface area contributed by atoms with E-state index < -0.39 is 0 Å². The van der Waals surface area contributed by atoms with Gasteiger partial charge in [0, 0.05) is 28.7 Å². The third kappa shape index (κ3) is 4.60. The van der Waals surface area contributed by atoms with E-state index in [1.165, 1.54) is 23.5 Å². The topological polar surface area (TPSA) is 59.8 Å². The van der Waals surface area contributed by atoms with E-state index in [-0.39, 0.29) is 18.1 Å². The van der Waals surface area contributed by atoms with Crippen molar-refractivity contribution in [2.75, 3.05) is 5.32 Å². The van der Waals surface area contributed by atoms with Crippen LogP contribution in [0.5, 0.6) is 0 Å². The molecule has 2 aromatic heterocycles. The molecule has 0 bridgehead atoms. The summed E-state index contributed by atoms with van der Waals surface area (Å²) in [5, 5.41) is 9.70. The van der Waals surface area contributed by atoms with E-state index in [0.29, 0.717) is 22.3 Å². The van der Waals surface area contributed by atoms with Gasteiger partial charge in [-0.15, -0.1) is 11.3 Å². The number of rotatable bonds is 6. The number of anilines is 1. The second-order valence-electron chi connectivity index (χ2n) is 7.00. The average Bonchev–Trinajstić information content (AvgIpc) is 3.15. The van der Waals surface area contributed by atoms with E-state index in [2.05, 4.69) is 29.2 Å². The van der Waals surface area contributed by atoms with Crippen LogP contribution in [-0.2, 0) is 17.8 Å². The number of benzene rings is 1. The van der Waals surface area contributed by atoms with Gasteiger partial charge in [-0.3, -0.25) is 9.48 Å². The van der Waals surface area contributed by atoms with Crippen LogP contribution in [0.4, 0.5) is 9.52 Å². The molecule has 27 heavy (non-hydrogen) atoms. The van der Waals surface area contributed by atoms with Gasteiger partial charge in [-0.05, 0) is 31.9 Å². The lowest BCUT2D eigenvalue weighted by Gasteiger charge is -2.08. The van der Waals surface area contributed by atoms with Gasteiger partial charge in [-0.25, -0.2) is 9.37 Å². The molecule has 1 N–H and O–H groups in total. The van der Waals surface area contributed by atoms with Crippen LogP contribution in [0, 0.1) is 25.6 Å². The molecule has 1 amide bonds. The Morgan fingerprint density at radius 3 is 2.81 bits per heavy atom. The molecule has 0 aliphatic rings. The van der Waals surface area contributed by atoms with Crippen LogP contribution in [0.2, 0.25) is 0 Å². The molecule has 142 valence electrons. The lowest BCUT2D eigenvalue weighted by Crippen LogP contribution is -2.15. The van der Waals surface area contributed by atoms with Gasteiger partial charge in [-0.1, -0.05) is 26.0 Å². The van der Waals surface area contributed by atoms with Crippen LogP contribution in [-0.4, -0.2) is 20.7 Å². The monoisotopic (exact) mass is 386 g/mol. The molecular weight excluding hydrogens is 363 g/mol. The number of amides is 1. The molecule has 0 saturated carbocycles. The van der Waals surface area contributed by atoms with E-state index >= 15 is 0 Å². The maximum atomic E-state index is 13.4. The molecule has 0 fully saturated rings. The molecule has 0 aliphatic carbocycles. The van der Waals surface area contributed by atoms with Gasteiger partial charge in [0.2, 0.25) is 5.91 Å². The van der Waals surface area contributed by atoms with Crippen LogP contribution in [0.1, 0.15) is 30.8 Å². The summed E-state index contributed by atoms with van der Waals surface area (Å²) in [6, 6.07) is 6.25. The van der Waals surface area contributed by atoms with E-state index in [9.17, 15) is 9.18 Å². The summed E-state index contributed by atoms with van der Waals surface area (Å²) in [5.41, 5.74) is 4.19. The Bertz CT molecular complexity index is 961. The quantitative estimate of drug-likeness (QED) is 0.673. The first-order valence-corrected chi connectivity index (χ1v) is 9.75. The number of aryl methyl sites for hydroxylation is 1. The van der Waals surface area contributed by atoms with Crippen molar-refractivity contribution in [2.24, 2.45) is 5.92 Å². The normalized spacial score (nSPS) is 11.2. The third-order valence-electron chi connectivity index (χ3n) is 4.28. The maximum Gasteiger partial charge on any atom is 0.230 e. The van der Waals surface area contributed by atoms with Gasteiger partial charge < -0.3 is 5.32 Å².